The Balaban J connectivity index is 2.93. The topological polar surface area (TPSA) is 18.5 Å². The Hall–Kier alpha value is -1.58. The molecule has 0 fully saturated rings. The van der Waals surface area contributed by atoms with Gasteiger partial charge >= 0.3 is 6.29 Å². The normalized spacial score (nSPS) is 19.1. The summed E-state index contributed by atoms with van der Waals surface area (Å²) in [6.45, 7) is 8.98. The van der Waals surface area contributed by atoms with Gasteiger partial charge in [-0.15, -0.1) is 8.78 Å². The van der Waals surface area contributed by atoms with Crippen molar-refractivity contribution in [2.45, 2.75) is 26.1 Å². The van der Waals surface area contributed by atoms with Gasteiger partial charge in [0, 0.05) is 0 Å². The number of halogens is 2. The van der Waals surface area contributed by atoms with Crippen LogP contribution in [0.3, 0.4) is 0 Å². The van der Waals surface area contributed by atoms with Gasteiger partial charge in [0.05, 0.1) is 0 Å². The quantitative estimate of drug-likeness (QED) is 0.664. The maximum absolute atomic E-state index is 12.8. The Morgan fingerprint density at radius 2 is 1.94 bits per heavy atom. The third-order valence-corrected chi connectivity index (χ3v) is 2.00. The summed E-state index contributed by atoms with van der Waals surface area (Å²) < 4.78 is 34.2. The highest BCUT2D eigenvalue weighted by Crippen LogP contribution is 2.35. The van der Waals surface area contributed by atoms with E-state index in [0.29, 0.717) is 0 Å². The molecule has 0 saturated heterocycles. The van der Waals surface area contributed by atoms with Crippen LogP contribution in [0.2, 0.25) is 0 Å². The molecule has 88 valence electrons. The number of allylic oxidation sites excluding steroid dienone is 4. The van der Waals surface area contributed by atoms with E-state index in [9.17, 15) is 8.78 Å². The number of alkyl halides is 2. The van der Waals surface area contributed by atoms with Crippen LogP contribution in [0, 0.1) is 0 Å². The van der Waals surface area contributed by atoms with E-state index in [0.717, 1.165) is 18.4 Å². The fraction of sp³-hybridized carbons (Fsp3) is 0.333. The van der Waals surface area contributed by atoms with Crippen molar-refractivity contribution in [3.05, 3.63) is 48.5 Å². The minimum absolute atomic E-state index is 0.0108. The Kier molecular flexibility index (Phi) is 3.88. The molecule has 0 radical (unpaired) electrons. The van der Waals surface area contributed by atoms with Gasteiger partial charge < -0.3 is 9.47 Å². The van der Waals surface area contributed by atoms with Gasteiger partial charge in [-0.2, -0.15) is 0 Å². The summed E-state index contributed by atoms with van der Waals surface area (Å²) in [5, 5.41) is 0. The average Bonchev–Trinajstić information content (AvgIpc) is 2.52. The van der Waals surface area contributed by atoms with Crippen LogP contribution in [0.5, 0.6) is 0 Å². The summed E-state index contributed by atoms with van der Waals surface area (Å²) >= 11 is 0. The number of hydrogen-bond acceptors (Lipinski definition) is 2. The average molecular weight is 228 g/mol. The number of hydrogen-bond donors (Lipinski definition) is 0. The lowest BCUT2D eigenvalue weighted by molar-refractivity contribution is -0.335. The lowest BCUT2D eigenvalue weighted by Gasteiger charge is -2.07. The third kappa shape index (κ3) is 2.95. The first-order chi connectivity index (χ1) is 7.52. The van der Waals surface area contributed by atoms with Gasteiger partial charge in [-0.05, 0) is 24.1 Å². The molecule has 0 aromatic carbocycles. The molecule has 1 rings (SSSR count). The highest BCUT2D eigenvalue weighted by atomic mass is 19.3. The zero-order valence-electron chi connectivity index (χ0n) is 9.13. The first-order valence-corrected chi connectivity index (χ1v) is 4.98. The second kappa shape index (κ2) is 4.96. The molecule has 0 bridgehead atoms. The van der Waals surface area contributed by atoms with E-state index in [1.807, 2.05) is 6.92 Å². The van der Waals surface area contributed by atoms with Gasteiger partial charge in [0.2, 0.25) is 0 Å². The van der Waals surface area contributed by atoms with Crippen molar-refractivity contribution in [1.82, 2.24) is 0 Å². The molecule has 0 unspecified atom stereocenters. The SMILES string of the molecule is C=CC1=C(/C=C(\C=C)CCC)OC(F)(F)O1. The minimum atomic E-state index is -3.60. The lowest BCUT2D eigenvalue weighted by atomic mass is 10.1. The molecule has 0 spiro atoms. The standard InChI is InChI=1S/C12H14F2O2/c1-4-7-9(5-2)8-11-10(6-3)15-12(13,14)16-11/h5-6,8H,2-4,7H2,1H3/b9-8+. The van der Waals surface area contributed by atoms with Crippen LogP contribution < -0.4 is 0 Å². The predicted molar refractivity (Wildman–Crippen MR) is 57.5 cm³/mol. The van der Waals surface area contributed by atoms with E-state index in [1.54, 1.807) is 6.08 Å². The molecule has 1 aliphatic heterocycles. The highest BCUT2D eigenvalue weighted by molar-refractivity contribution is 5.32. The molecule has 0 N–H and O–H groups in total. The molecular formula is C12H14F2O2. The van der Waals surface area contributed by atoms with Crippen molar-refractivity contribution in [3.63, 3.8) is 0 Å². The fourth-order valence-electron chi connectivity index (χ4n) is 1.31. The molecule has 16 heavy (non-hydrogen) atoms. The molecule has 1 aliphatic rings. The summed E-state index contributed by atoms with van der Waals surface area (Å²) in [4.78, 5) is 0. The van der Waals surface area contributed by atoms with Crippen molar-refractivity contribution in [1.29, 1.82) is 0 Å². The minimum Gasteiger partial charge on any atom is -0.395 e. The summed E-state index contributed by atoms with van der Waals surface area (Å²) in [6, 6.07) is 0. The Labute approximate surface area is 93.5 Å². The summed E-state index contributed by atoms with van der Waals surface area (Å²) in [6.07, 6.45) is 2.33. The molecule has 0 atom stereocenters. The number of ether oxygens (including phenoxy) is 2. The van der Waals surface area contributed by atoms with Crippen LogP contribution >= 0.6 is 0 Å². The van der Waals surface area contributed by atoms with Crippen LogP contribution in [0.25, 0.3) is 0 Å². The largest absolute Gasteiger partial charge is 0.586 e. The Bertz CT molecular complexity index is 354. The molecule has 0 aromatic heterocycles. The Morgan fingerprint density at radius 1 is 1.31 bits per heavy atom. The summed E-state index contributed by atoms with van der Waals surface area (Å²) in [7, 11) is 0. The lowest BCUT2D eigenvalue weighted by Crippen LogP contribution is -2.16. The van der Waals surface area contributed by atoms with Crippen LogP contribution in [-0.2, 0) is 9.47 Å². The van der Waals surface area contributed by atoms with Crippen LogP contribution in [-0.4, -0.2) is 6.29 Å². The molecule has 2 nitrogen and oxygen atoms in total. The highest BCUT2D eigenvalue weighted by Gasteiger charge is 2.43. The van der Waals surface area contributed by atoms with Gasteiger partial charge in [0.25, 0.3) is 0 Å². The monoisotopic (exact) mass is 228 g/mol. The first-order valence-electron chi connectivity index (χ1n) is 4.98. The smallest absolute Gasteiger partial charge is 0.395 e. The first kappa shape index (κ1) is 12.5. The second-order valence-electron chi connectivity index (χ2n) is 3.27. The van der Waals surface area contributed by atoms with E-state index in [4.69, 9.17) is 0 Å². The molecule has 1 heterocycles. The van der Waals surface area contributed by atoms with Crippen molar-refractivity contribution in [3.8, 4) is 0 Å². The van der Waals surface area contributed by atoms with Gasteiger partial charge in [0.1, 0.15) is 0 Å². The van der Waals surface area contributed by atoms with E-state index in [2.05, 4.69) is 22.6 Å². The molecular weight excluding hydrogens is 214 g/mol. The van der Waals surface area contributed by atoms with Crippen molar-refractivity contribution < 1.29 is 18.3 Å². The summed E-state index contributed by atoms with van der Waals surface area (Å²) in [5.74, 6) is -0.0659. The van der Waals surface area contributed by atoms with Gasteiger partial charge in [0.15, 0.2) is 11.5 Å². The molecule has 4 heteroatoms. The zero-order valence-corrected chi connectivity index (χ0v) is 9.13. The number of rotatable bonds is 5. The van der Waals surface area contributed by atoms with Crippen LogP contribution in [0.1, 0.15) is 19.8 Å². The van der Waals surface area contributed by atoms with Crippen LogP contribution in [0.15, 0.2) is 48.5 Å². The van der Waals surface area contributed by atoms with E-state index in [1.165, 1.54) is 12.2 Å². The molecule has 0 aromatic rings. The van der Waals surface area contributed by atoms with E-state index >= 15 is 0 Å². The van der Waals surface area contributed by atoms with Gasteiger partial charge in [-0.3, -0.25) is 0 Å². The molecule has 0 amide bonds. The van der Waals surface area contributed by atoms with Gasteiger partial charge in [-0.25, -0.2) is 0 Å². The zero-order chi connectivity index (χ0) is 12.2. The van der Waals surface area contributed by atoms with Crippen molar-refractivity contribution >= 4 is 0 Å². The van der Waals surface area contributed by atoms with E-state index in [-0.39, 0.29) is 11.5 Å². The summed E-state index contributed by atoms with van der Waals surface area (Å²) in [5.41, 5.74) is 0.818. The molecule has 0 saturated carbocycles. The molecule has 0 aliphatic carbocycles. The maximum atomic E-state index is 12.8. The van der Waals surface area contributed by atoms with Gasteiger partial charge in [-0.1, -0.05) is 32.6 Å². The Morgan fingerprint density at radius 3 is 2.44 bits per heavy atom. The van der Waals surface area contributed by atoms with E-state index < -0.39 is 6.29 Å². The third-order valence-electron chi connectivity index (χ3n) is 2.00. The van der Waals surface area contributed by atoms with Crippen molar-refractivity contribution in [2.75, 3.05) is 0 Å². The van der Waals surface area contributed by atoms with Crippen LogP contribution in [0.4, 0.5) is 8.78 Å². The van der Waals surface area contributed by atoms with Crippen molar-refractivity contribution in [2.24, 2.45) is 0 Å². The maximum Gasteiger partial charge on any atom is 0.586 e. The second-order valence-corrected chi connectivity index (χ2v) is 3.27. The predicted octanol–water partition coefficient (Wildman–Crippen LogP) is 3.89. The fourth-order valence-corrected chi connectivity index (χ4v) is 1.31.